The summed E-state index contributed by atoms with van der Waals surface area (Å²) in [5, 5.41) is 0. The van der Waals surface area contributed by atoms with Crippen molar-refractivity contribution in [2.75, 3.05) is 0 Å². The highest BCUT2D eigenvalue weighted by atomic mass is 16.5. The lowest BCUT2D eigenvalue weighted by molar-refractivity contribution is -0.147. The maximum Gasteiger partial charge on any atom is 0.310 e. The Labute approximate surface area is 114 Å². The van der Waals surface area contributed by atoms with E-state index in [9.17, 15) is 4.79 Å². The summed E-state index contributed by atoms with van der Waals surface area (Å²) in [5.41, 5.74) is 1.77. The molecule has 0 spiro atoms. The average Bonchev–Trinajstić information content (AvgIpc) is 2.88. The minimum absolute atomic E-state index is 0.0462. The number of rotatable bonds is 0. The molecule has 3 fully saturated rings. The molecular weight excluding hydrogens is 236 g/mol. The van der Waals surface area contributed by atoms with Crippen molar-refractivity contribution in [1.82, 2.24) is 0 Å². The van der Waals surface area contributed by atoms with Gasteiger partial charge in [-0.3, -0.25) is 4.79 Å². The van der Waals surface area contributed by atoms with Crippen LogP contribution >= 0.6 is 0 Å². The molecule has 4 atom stereocenters. The molecule has 4 aliphatic rings. The number of esters is 1. The van der Waals surface area contributed by atoms with Crippen LogP contribution in [0, 0.1) is 23.2 Å². The van der Waals surface area contributed by atoms with Crippen molar-refractivity contribution >= 4 is 5.97 Å². The Hall–Kier alpha value is -1.05. The van der Waals surface area contributed by atoms with Gasteiger partial charge in [-0.2, -0.15) is 0 Å². The molecule has 4 rings (SSSR count). The van der Waals surface area contributed by atoms with Gasteiger partial charge in [0.05, 0.1) is 0 Å². The molecule has 1 heterocycles. The molecule has 2 nitrogen and oxygen atoms in total. The lowest BCUT2D eigenvalue weighted by Gasteiger charge is -2.49. The predicted molar refractivity (Wildman–Crippen MR) is 73.2 cm³/mol. The van der Waals surface area contributed by atoms with Gasteiger partial charge >= 0.3 is 5.97 Å². The highest BCUT2D eigenvalue weighted by Crippen LogP contribution is 2.58. The van der Waals surface area contributed by atoms with Crippen LogP contribution in [-0.4, -0.2) is 5.97 Å². The minimum Gasteiger partial charge on any atom is -0.430 e. The average molecular weight is 258 g/mol. The molecule has 1 aliphatic heterocycles. The molecule has 0 bridgehead atoms. The van der Waals surface area contributed by atoms with E-state index in [-0.39, 0.29) is 11.4 Å². The molecule has 2 heteroatoms. The normalized spacial score (nSPS) is 44.5. The maximum atomic E-state index is 11.5. The second kappa shape index (κ2) is 3.97. The molecule has 3 unspecified atom stereocenters. The van der Waals surface area contributed by atoms with Gasteiger partial charge in [-0.15, -0.1) is 0 Å². The van der Waals surface area contributed by atoms with Crippen molar-refractivity contribution in [3.63, 3.8) is 0 Å². The van der Waals surface area contributed by atoms with E-state index in [0.717, 1.165) is 24.0 Å². The summed E-state index contributed by atoms with van der Waals surface area (Å²) >= 11 is 0. The van der Waals surface area contributed by atoms with E-state index in [2.05, 4.69) is 19.1 Å². The summed E-state index contributed by atoms with van der Waals surface area (Å²) in [6.07, 6.45) is 12.8. The van der Waals surface area contributed by atoms with Crippen molar-refractivity contribution in [2.24, 2.45) is 23.2 Å². The molecule has 3 aliphatic carbocycles. The number of hydrogen-bond donors (Lipinski definition) is 0. The summed E-state index contributed by atoms with van der Waals surface area (Å²) in [6.45, 7) is 2.32. The van der Waals surface area contributed by atoms with Crippen LogP contribution in [0.3, 0.4) is 0 Å². The summed E-state index contributed by atoms with van der Waals surface area (Å²) in [4.78, 5) is 11.5. The van der Waals surface area contributed by atoms with Crippen LogP contribution in [0.1, 0.15) is 51.9 Å². The zero-order valence-corrected chi connectivity index (χ0v) is 11.7. The first-order valence-corrected chi connectivity index (χ1v) is 7.81. The third-order valence-corrected chi connectivity index (χ3v) is 6.15. The quantitative estimate of drug-likeness (QED) is 0.614. The smallest absolute Gasteiger partial charge is 0.310 e. The fraction of sp³-hybridized carbons (Fsp3) is 0.706. The molecule has 19 heavy (non-hydrogen) atoms. The standard InChI is InChI=1S/C17H22O2/c1-17-10-9-16(18)19-15(17)8-6-13-12-4-2-3-11(12)5-7-14(13)17/h6,8,11-12,14H,2-5,7,9-10H2,1H3/t11?,12?,14?,17-/m1/s1. The number of carbonyl (C=O) groups is 1. The second-order valence-corrected chi connectivity index (χ2v) is 7.02. The van der Waals surface area contributed by atoms with E-state index in [1.165, 1.54) is 32.1 Å². The van der Waals surface area contributed by atoms with Gasteiger partial charge in [-0.05, 0) is 55.9 Å². The van der Waals surface area contributed by atoms with Crippen molar-refractivity contribution in [1.29, 1.82) is 0 Å². The largest absolute Gasteiger partial charge is 0.430 e. The Morgan fingerprint density at radius 1 is 1.21 bits per heavy atom. The molecule has 0 aromatic heterocycles. The van der Waals surface area contributed by atoms with Crippen LogP contribution in [0.4, 0.5) is 0 Å². The van der Waals surface area contributed by atoms with Crippen molar-refractivity contribution < 1.29 is 9.53 Å². The highest BCUT2D eigenvalue weighted by Gasteiger charge is 2.50. The van der Waals surface area contributed by atoms with Crippen molar-refractivity contribution in [2.45, 2.75) is 51.9 Å². The van der Waals surface area contributed by atoms with Gasteiger partial charge in [0.15, 0.2) is 0 Å². The van der Waals surface area contributed by atoms with Gasteiger partial charge in [-0.25, -0.2) is 0 Å². The van der Waals surface area contributed by atoms with E-state index in [4.69, 9.17) is 4.74 Å². The number of fused-ring (bicyclic) bond motifs is 5. The summed E-state index contributed by atoms with van der Waals surface area (Å²) < 4.78 is 5.53. The fourth-order valence-corrected chi connectivity index (χ4v) is 5.07. The lowest BCUT2D eigenvalue weighted by atomic mass is 9.57. The third-order valence-electron chi connectivity index (χ3n) is 6.15. The lowest BCUT2D eigenvalue weighted by Crippen LogP contribution is -2.42. The van der Waals surface area contributed by atoms with Crippen LogP contribution in [0.2, 0.25) is 0 Å². The van der Waals surface area contributed by atoms with Gasteiger partial charge in [0.1, 0.15) is 5.76 Å². The van der Waals surface area contributed by atoms with Gasteiger partial charge in [0, 0.05) is 11.8 Å². The SMILES string of the molecule is C[C@]12CCC(=O)OC1=CC=C1C3CCCC3CCC12. The molecular formula is C17H22O2. The van der Waals surface area contributed by atoms with Gasteiger partial charge in [0.25, 0.3) is 0 Å². The van der Waals surface area contributed by atoms with E-state index >= 15 is 0 Å². The zero-order chi connectivity index (χ0) is 13.0. The molecule has 0 aromatic carbocycles. The minimum atomic E-state index is -0.0462. The van der Waals surface area contributed by atoms with Gasteiger partial charge in [-0.1, -0.05) is 25.0 Å². The zero-order valence-electron chi connectivity index (χ0n) is 11.7. The summed E-state index contributed by atoms with van der Waals surface area (Å²) in [7, 11) is 0. The van der Waals surface area contributed by atoms with Crippen molar-refractivity contribution in [3.05, 3.63) is 23.5 Å². The Balaban J connectivity index is 1.74. The molecule has 2 saturated carbocycles. The maximum absolute atomic E-state index is 11.5. The Kier molecular flexibility index (Phi) is 2.46. The first-order chi connectivity index (χ1) is 9.18. The first kappa shape index (κ1) is 11.7. The number of hydrogen-bond acceptors (Lipinski definition) is 2. The van der Waals surface area contributed by atoms with Crippen molar-refractivity contribution in [3.8, 4) is 0 Å². The number of carbonyl (C=O) groups excluding carboxylic acids is 1. The van der Waals surface area contributed by atoms with Crippen LogP contribution < -0.4 is 0 Å². The highest BCUT2D eigenvalue weighted by molar-refractivity contribution is 5.72. The summed E-state index contributed by atoms with van der Waals surface area (Å²) in [5.74, 6) is 3.28. The molecule has 0 radical (unpaired) electrons. The van der Waals surface area contributed by atoms with E-state index < -0.39 is 0 Å². The van der Waals surface area contributed by atoms with Crippen LogP contribution in [0.25, 0.3) is 0 Å². The van der Waals surface area contributed by atoms with E-state index in [1.54, 1.807) is 5.57 Å². The molecule has 102 valence electrons. The molecule has 1 saturated heterocycles. The molecule has 0 amide bonds. The Morgan fingerprint density at radius 3 is 3.00 bits per heavy atom. The van der Waals surface area contributed by atoms with E-state index in [0.29, 0.717) is 12.3 Å². The molecule has 0 aromatic rings. The predicted octanol–water partition coefficient (Wildman–Crippen LogP) is 3.98. The second-order valence-electron chi connectivity index (χ2n) is 7.02. The van der Waals surface area contributed by atoms with Crippen LogP contribution in [0.5, 0.6) is 0 Å². The summed E-state index contributed by atoms with van der Waals surface area (Å²) in [6, 6.07) is 0. The third kappa shape index (κ3) is 1.58. The van der Waals surface area contributed by atoms with E-state index in [1.807, 2.05) is 0 Å². The fourth-order valence-electron chi connectivity index (χ4n) is 5.07. The molecule has 0 N–H and O–H groups in total. The van der Waals surface area contributed by atoms with Crippen LogP contribution in [-0.2, 0) is 9.53 Å². The first-order valence-electron chi connectivity index (χ1n) is 7.81. The monoisotopic (exact) mass is 258 g/mol. The number of ether oxygens (including phenoxy) is 1. The Bertz CT molecular complexity index is 487. The van der Waals surface area contributed by atoms with Gasteiger partial charge < -0.3 is 4.74 Å². The van der Waals surface area contributed by atoms with Gasteiger partial charge in [0.2, 0.25) is 0 Å². The van der Waals surface area contributed by atoms with Crippen LogP contribution in [0.15, 0.2) is 23.5 Å². The topological polar surface area (TPSA) is 26.3 Å². The Morgan fingerprint density at radius 2 is 2.11 bits per heavy atom. The number of allylic oxidation sites excluding steroid dienone is 4.